The van der Waals surface area contributed by atoms with Gasteiger partial charge in [0.15, 0.2) is 0 Å². The molecule has 0 fully saturated rings. The molecule has 0 aliphatic heterocycles. The van der Waals surface area contributed by atoms with E-state index >= 15 is 0 Å². The molecular formula is C19H15FN4O2S. The van der Waals surface area contributed by atoms with Gasteiger partial charge in [-0.2, -0.15) is 5.26 Å². The van der Waals surface area contributed by atoms with Crippen molar-refractivity contribution in [1.82, 2.24) is 4.98 Å². The van der Waals surface area contributed by atoms with Crippen LogP contribution in [0.2, 0.25) is 0 Å². The predicted molar refractivity (Wildman–Crippen MR) is 101 cm³/mol. The van der Waals surface area contributed by atoms with Gasteiger partial charge in [-0.15, -0.1) is 0 Å². The van der Waals surface area contributed by atoms with E-state index in [1.165, 1.54) is 19.2 Å². The Balaban J connectivity index is 1.74. The number of nitrogens with zero attached hydrogens (tertiary/aromatic N) is 2. The van der Waals surface area contributed by atoms with Crippen LogP contribution in [-0.4, -0.2) is 13.4 Å². The van der Waals surface area contributed by atoms with E-state index in [1.807, 2.05) is 6.07 Å². The summed E-state index contributed by atoms with van der Waals surface area (Å²) < 4.78 is 40.5. The van der Waals surface area contributed by atoms with Crippen LogP contribution in [0.3, 0.4) is 0 Å². The molecule has 0 saturated carbocycles. The fourth-order valence-corrected chi connectivity index (χ4v) is 3.70. The number of pyridine rings is 1. The summed E-state index contributed by atoms with van der Waals surface area (Å²) in [6.07, 6.45) is 1.38. The second kappa shape index (κ2) is 7.43. The topological polar surface area (TPSA) is 94.9 Å². The highest BCUT2D eigenvalue weighted by Gasteiger charge is 2.17. The van der Waals surface area contributed by atoms with Crippen LogP contribution in [0.4, 0.5) is 21.6 Å². The molecule has 8 heteroatoms. The summed E-state index contributed by atoms with van der Waals surface area (Å²) >= 11 is 0. The maximum absolute atomic E-state index is 13.2. The summed E-state index contributed by atoms with van der Waals surface area (Å²) in [5.74, 6) is 0.0203. The van der Waals surface area contributed by atoms with Crippen molar-refractivity contribution in [1.29, 1.82) is 5.26 Å². The minimum atomic E-state index is -3.85. The zero-order chi connectivity index (χ0) is 19.4. The van der Waals surface area contributed by atoms with Crippen molar-refractivity contribution in [2.45, 2.75) is 11.8 Å². The Morgan fingerprint density at radius 1 is 1.04 bits per heavy atom. The van der Waals surface area contributed by atoms with Crippen molar-refractivity contribution in [3.63, 3.8) is 0 Å². The van der Waals surface area contributed by atoms with Crippen molar-refractivity contribution in [3.8, 4) is 6.07 Å². The van der Waals surface area contributed by atoms with Gasteiger partial charge in [-0.05, 0) is 67.1 Å². The molecule has 136 valence electrons. The molecule has 2 aromatic carbocycles. The predicted octanol–water partition coefficient (Wildman–Crippen LogP) is 3.95. The first-order valence-corrected chi connectivity index (χ1v) is 9.38. The molecule has 0 amide bonds. The molecule has 27 heavy (non-hydrogen) atoms. The third-order valence-electron chi connectivity index (χ3n) is 3.73. The summed E-state index contributed by atoms with van der Waals surface area (Å²) in [5.41, 5.74) is 1.89. The molecule has 0 unspecified atom stereocenters. The normalized spacial score (nSPS) is 10.9. The monoisotopic (exact) mass is 382 g/mol. The summed E-state index contributed by atoms with van der Waals surface area (Å²) in [6, 6.07) is 15.6. The first-order valence-electron chi connectivity index (χ1n) is 7.89. The maximum atomic E-state index is 13.2. The Morgan fingerprint density at radius 2 is 1.74 bits per heavy atom. The smallest absolute Gasteiger partial charge is 0.262 e. The molecule has 0 spiro atoms. The Morgan fingerprint density at radius 3 is 2.33 bits per heavy atom. The second-order valence-corrected chi connectivity index (χ2v) is 7.41. The summed E-state index contributed by atoms with van der Waals surface area (Å²) in [5, 5.41) is 11.9. The molecule has 0 aliphatic carbocycles. The zero-order valence-electron chi connectivity index (χ0n) is 14.3. The lowest BCUT2D eigenvalue weighted by Crippen LogP contribution is -2.14. The number of aromatic nitrogens is 1. The van der Waals surface area contributed by atoms with E-state index in [0.29, 0.717) is 16.9 Å². The van der Waals surface area contributed by atoms with Gasteiger partial charge in [0.1, 0.15) is 11.6 Å². The number of hydrogen-bond acceptors (Lipinski definition) is 5. The fourth-order valence-electron chi connectivity index (χ4n) is 2.43. The Bertz CT molecular complexity index is 1110. The SMILES string of the molecule is Cc1cc(F)ccc1S(=O)(=O)Nc1ccc(Nc2ccc(C#N)cc2)nc1. The highest BCUT2D eigenvalue weighted by molar-refractivity contribution is 7.92. The highest BCUT2D eigenvalue weighted by atomic mass is 32.2. The first-order chi connectivity index (χ1) is 12.9. The number of hydrogen-bond donors (Lipinski definition) is 2. The van der Waals surface area contributed by atoms with Crippen molar-refractivity contribution in [3.05, 3.63) is 77.7 Å². The van der Waals surface area contributed by atoms with E-state index in [-0.39, 0.29) is 10.6 Å². The lowest BCUT2D eigenvalue weighted by atomic mass is 10.2. The molecule has 1 aromatic heterocycles. The Kier molecular flexibility index (Phi) is 5.05. The van der Waals surface area contributed by atoms with Crippen molar-refractivity contribution in [2.75, 3.05) is 10.0 Å². The van der Waals surface area contributed by atoms with Gasteiger partial charge < -0.3 is 5.32 Å². The number of nitriles is 1. The van der Waals surface area contributed by atoms with E-state index in [0.717, 1.165) is 17.8 Å². The Hall–Kier alpha value is -3.44. The molecule has 0 aliphatic rings. The van der Waals surface area contributed by atoms with Crippen LogP contribution in [0.25, 0.3) is 0 Å². The molecule has 3 rings (SSSR count). The van der Waals surface area contributed by atoms with Crippen molar-refractivity contribution >= 4 is 27.2 Å². The van der Waals surface area contributed by atoms with Gasteiger partial charge in [0.2, 0.25) is 0 Å². The quantitative estimate of drug-likeness (QED) is 0.697. The lowest BCUT2D eigenvalue weighted by molar-refractivity contribution is 0.598. The maximum Gasteiger partial charge on any atom is 0.262 e. The minimum absolute atomic E-state index is 0.00341. The molecular weight excluding hydrogens is 367 g/mol. The number of anilines is 3. The van der Waals surface area contributed by atoms with Crippen LogP contribution >= 0.6 is 0 Å². The van der Waals surface area contributed by atoms with Gasteiger partial charge in [-0.1, -0.05) is 0 Å². The van der Waals surface area contributed by atoms with Crippen LogP contribution in [-0.2, 0) is 10.0 Å². The molecule has 3 aromatic rings. The van der Waals surface area contributed by atoms with Crippen LogP contribution < -0.4 is 10.0 Å². The Labute approximate surface area is 156 Å². The van der Waals surface area contributed by atoms with E-state index in [1.54, 1.807) is 36.4 Å². The van der Waals surface area contributed by atoms with Crippen molar-refractivity contribution < 1.29 is 12.8 Å². The largest absolute Gasteiger partial charge is 0.340 e. The molecule has 1 heterocycles. The fraction of sp³-hybridized carbons (Fsp3) is 0.0526. The standard InChI is InChI=1S/C19H15FN4O2S/c1-13-10-15(20)4-8-18(13)27(25,26)24-17-7-9-19(22-12-17)23-16-5-2-14(11-21)3-6-16/h2-10,12,24H,1H3,(H,22,23). The van der Waals surface area contributed by atoms with Crippen LogP contribution in [0, 0.1) is 24.1 Å². The molecule has 0 atom stereocenters. The molecule has 0 bridgehead atoms. The zero-order valence-corrected chi connectivity index (χ0v) is 15.1. The third-order valence-corrected chi connectivity index (χ3v) is 5.27. The van der Waals surface area contributed by atoms with Gasteiger partial charge in [-0.25, -0.2) is 17.8 Å². The van der Waals surface area contributed by atoms with Gasteiger partial charge >= 0.3 is 0 Å². The second-order valence-electron chi connectivity index (χ2n) is 5.76. The van der Waals surface area contributed by atoms with Crippen LogP contribution in [0.1, 0.15) is 11.1 Å². The average molecular weight is 382 g/mol. The van der Waals surface area contributed by atoms with E-state index in [2.05, 4.69) is 15.0 Å². The molecule has 0 saturated heterocycles. The van der Waals surface area contributed by atoms with Gasteiger partial charge in [0, 0.05) is 5.69 Å². The van der Waals surface area contributed by atoms with E-state index < -0.39 is 15.8 Å². The van der Waals surface area contributed by atoms with E-state index in [4.69, 9.17) is 5.26 Å². The van der Waals surface area contributed by atoms with Gasteiger partial charge in [0.25, 0.3) is 10.0 Å². The summed E-state index contributed by atoms with van der Waals surface area (Å²) in [7, 11) is -3.85. The van der Waals surface area contributed by atoms with Crippen molar-refractivity contribution in [2.24, 2.45) is 0 Å². The third kappa shape index (κ3) is 4.40. The first kappa shape index (κ1) is 18.4. The number of sulfonamides is 1. The van der Waals surface area contributed by atoms with Crippen LogP contribution in [0.5, 0.6) is 0 Å². The number of halogens is 1. The molecule has 0 radical (unpaired) electrons. The number of aryl methyl sites for hydroxylation is 1. The molecule has 2 N–H and O–H groups in total. The number of rotatable bonds is 5. The van der Waals surface area contributed by atoms with Crippen LogP contribution in [0.15, 0.2) is 65.7 Å². The summed E-state index contributed by atoms with van der Waals surface area (Å²) in [4.78, 5) is 4.17. The average Bonchev–Trinajstić information content (AvgIpc) is 2.63. The van der Waals surface area contributed by atoms with Gasteiger partial charge in [-0.3, -0.25) is 4.72 Å². The van der Waals surface area contributed by atoms with Gasteiger partial charge in [0.05, 0.1) is 28.4 Å². The molecule has 6 nitrogen and oxygen atoms in total. The number of benzene rings is 2. The summed E-state index contributed by atoms with van der Waals surface area (Å²) in [6.45, 7) is 1.53. The highest BCUT2D eigenvalue weighted by Crippen LogP contribution is 2.21. The van der Waals surface area contributed by atoms with E-state index in [9.17, 15) is 12.8 Å². The lowest BCUT2D eigenvalue weighted by Gasteiger charge is -2.11. The minimum Gasteiger partial charge on any atom is -0.340 e. The number of nitrogens with one attached hydrogen (secondary N) is 2.